The molecular weight excluding hydrogens is 137 g/mol. The zero-order valence-electron chi connectivity index (χ0n) is 8.44. The van der Waals surface area contributed by atoms with E-state index in [1.807, 2.05) is 0 Å². The molecule has 0 fully saturated rings. The fraction of sp³-hybridized carbons (Fsp3) is 1.00. The van der Waals surface area contributed by atoms with Gasteiger partial charge < -0.3 is 4.74 Å². The minimum Gasteiger partial charge on any atom is -0.379 e. The highest BCUT2D eigenvalue weighted by atomic mass is 16.5. The van der Waals surface area contributed by atoms with Gasteiger partial charge in [0.1, 0.15) is 0 Å². The maximum absolute atomic E-state index is 5.32. The number of rotatable bonds is 6. The number of hydrogen-bond donors (Lipinski definition) is 0. The van der Waals surface area contributed by atoms with E-state index in [1.54, 1.807) is 7.11 Å². The van der Waals surface area contributed by atoms with Gasteiger partial charge in [0.25, 0.3) is 0 Å². The van der Waals surface area contributed by atoms with E-state index in [1.165, 1.54) is 32.1 Å². The minimum atomic E-state index is 0.0910. The number of methoxy groups -OCH3 is 1. The highest BCUT2D eigenvalue weighted by Crippen LogP contribution is 2.17. The van der Waals surface area contributed by atoms with Gasteiger partial charge in [0.2, 0.25) is 0 Å². The van der Waals surface area contributed by atoms with Crippen LogP contribution in [0, 0.1) is 0 Å². The lowest BCUT2D eigenvalue weighted by molar-refractivity contribution is 0.0134. The molecule has 0 aromatic carbocycles. The Balaban J connectivity index is 3.23. The van der Waals surface area contributed by atoms with Gasteiger partial charge in [0, 0.05) is 7.11 Å². The van der Waals surface area contributed by atoms with E-state index >= 15 is 0 Å². The van der Waals surface area contributed by atoms with Crippen LogP contribution in [0.4, 0.5) is 0 Å². The molecule has 0 aromatic heterocycles. The molecule has 0 aliphatic rings. The van der Waals surface area contributed by atoms with Crippen molar-refractivity contribution < 1.29 is 4.74 Å². The molecule has 68 valence electrons. The lowest BCUT2D eigenvalue weighted by Gasteiger charge is -2.22. The summed E-state index contributed by atoms with van der Waals surface area (Å²) < 4.78 is 5.32. The van der Waals surface area contributed by atoms with Gasteiger partial charge in [-0.1, -0.05) is 32.6 Å². The Morgan fingerprint density at radius 2 is 1.73 bits per heavy atom. The van der Waals surface area contributed by atoms with Crippen LogP contribution in [-0.2, 0) is 4.74 Å². The van der Waals surface area contributed by atoms with Crippen molar-refractivity contribution >= 4 is 0 Å². The summed E-state index contributed by atoms with van der Waals surface area (Å²) in [6, 6.07) is 0. The van der Waals surface area contributed by atoms with Crippen LogP contribution >= 0.6 is 0 Å². The topological polar surface area (TPSA) is 9.23 Å². The lowest BCUT2D eigenvalue weighted by atomic mass is 10.0. The van der Waals surface area contributed by atoms with Crippen LogP contribution in [0.1, 0.15) is 52.9 Å². The summed E-state index contributed by atoms with van der Waals surface area (Å²) in [7, 11) is 1.79. The zero-order valence-corrected chi connectivity index (χ0v) is 8.44. The highest BCUT2D eigenvalue weighted by Gasteiger charge is 2.14. The van der Waals surface area contributed by atoms with Crippen LogP contribution in [-0.4, -0.2) is 12.7 Å². The fourth-order valence-electron chi connectivity index (χ4n) is 1.08. The summed E-state index contributed by atoms with van der Waals surface area (Å²) in [5.41, 5.74) is 0.0910. The van der Waals surface area contributed by atoms with E-state index in [-0.39, 0.29) is 5.60 Å². The van der Waals surface area contributed by atoms with E-state index in [9.17, 15) is 0 Å². The van der Waals surface area contributed by atoms with E-state index in [2.05, 4.69) is 20.8 Å². The first-order chi connectivity index (χ1) is 5.12. The predicted molar refractivity (Wildman–Crippen MR) is 49.8 cm³/mol. The molecule has 0 amide bonds. The molecule has 0 saturated heterocycles. The van der Waals surface area contributed by atoms with Gasteiger partial charge >= 0.3 is 0 Å². The first-order valence-corrected chi connectivity index (χ1v) is 4.67. The highest BCUT2D eigenvalue weighted by molar-refractivity contribution is 4.66. The van der Waals surface area contributed by atoms with E-state index < -0.39 is 0 Å². The second-order valence-electron chi connectivity index (χ2n) is 3.77. The first-order valence-electron chi connectivity index (χ1n) is 4.67. The summed E-state index contributed by atoms with van der Waals surface area (Å²) in [5.74, 6) is 0. The van der Waals surface area contributed by atoms with Gasteiger partial charge in [-0.3, -0.25) is 0 Å². The van der Waals surface area contributed by atoms with E-state index in [4.69, 9.17) is 4.74 Å². The monoisotopic (exact) mass is 159 g/mol. The molecule has 1 nitrogen and oxygen atoms in total. The van der Waals surface area contributed by atoms with Crippen molar-refractivity contribution in [2.24, 2.45) is 0 Å². The molecule has 0 aliphatic heterocycles. The Morgan fingerprint density at radius 1 is 1.09 bits per heavy atom. The van der Waals surface area contributed by atoms with Crippen molar-refractivity contribution in [3.63, 3.8) is 0 Å². The average molecular weight is 159 g/mol. The molecule has 0 radical (unpaired) electrons. The standard InChI is InChI=1S/C10H22O/c1-5-6-7-8-9-10(2,3)11-4/h5-9H2,1-4H3/i2+1. The molecule has 0 rings (SSSR count). The van der Waals surface area contributed by atoms with Crippen LogP contribution in [0.3, 0.4) is 0 Å². The van der Waals surface area contributed by atoms with Crippen molar-refractivity contribution in [1.82, 2.24) is 0 Å². The fourth-order valence-corrected chi connectivity index (χ4v) is 1.08. The third-order valence-corrected chi connectivity index (χ3v) is 2.18. The normalized spacial score (nSPS) is 16.4. The van der Waals surface area contributed by atoms with Gasteiger partial charge in [-0.05, 0) is 20.3 Å². The predicted octanol–water partition coefficient (Wildman–Crippen LogP) is 3.38. The lowest BCUT2D eigenvalue weighted by Crippen LogP contribution is -2.21. The number of unbranched alkanes of at least 4 members (excludes halogenated alkanes) is 3. The smallest absolute Gasteiger partial charge is 0.0622 e. The molecule has 1 atom stereocenters. The summed E-state index contributed by atoms with van der Waals surface area (Å²) in [6.45, 7) is 6.54. The Kier molecular flexibility index (Phi) is 5.57. The maximum Gasteiger partial charge on any atom is 0.0622 e. The van der Waals surface area contributed by atoms with Crippen LogP contribution in [0.2, 0.25) is 0 Å². The molecule has 0 aliphatic carbocycles. The molecule has 11 heavy (non-hydrogen) atoms. The molecule has 1 unspecified atom stereocenters. The molecule has 0 saturated carbocycles. The third kappa shape index (κ3) is 6.36. The summed E-state index contributed by atoms with van der Waals surface area (Å²) >= 11 is 0. The van der Waals surface area contributed by atoms with Crippen LogP contribution < -0.4 is 0 Å². The van der Waals surface area contributed by atoms with Crippen LogP contribution in [0.15, 0.2) is 0 Å². The van der Waals surface area contributed by atoms with Gasteiger partial charge in [0.05, 0.1) is 5.60 Å². The molecule has 1 heteroatoms. The summed E-state index contributed by atoms with van der Waals surface area (Å²) in [5, 5.41) is 0. The van der Waals surface area contributed by atoms with E-state index in [0.29, 0.717) is 0 Å². The first kappa shape index (κ1) is 11.0. The number of ether oxygens (including phenoxy) is 1. The molecule has 0 aromatic rings. The van der Waals surface area contributed by atoms with Gasteiger partial charge in [0.15, 0.2) is 0 Å². The average Bonchev–Trinajstić information content (AvgIpc) is 1.99. The third-order valence-electron chi connectivity index (χ3n) is 2.18. The zero-order chi connectivity index (χ0) is 8.74. The summed E-state index contributed by atoms with van der Waals surface area (Å²) in [6.07, 6.45) is 6.51. The largest absolute Gasteiger partial charge is 0.379 e. The second-order valence-corrected chi connectivity index (χ2v) is 3.77. The molecular formula is C10H22O. The summed E-state index contributed by atoms with van der Waals surface area (Å²) in [4.78, 5) is 0. The molecule has 0 N–H and O–H groups in total. The number of hydrogen-bond acceptors (Lipinski definition) is 1. The molecule has 0 heterocycles. The van der Waals surface area contributed by atoms with Gasteiger partial charge in [-0.2, -0.15) is 0 Å². The Hall–Kier alpha value is -0.0400. The van der Waals surface area contributed by atoms with Crippen LogP contribution in [0.5, 0.6) is 0 Å². The minimum absolute atomic E-state index is 0.0910. The van der Waals surface area contributed by atoms with Gasteiger partial charge in [-0.25, -0.2) is 0 Å². The van der Waals surface area contributed by atoms with Crippen molar-refractivity contribution in [2.45, 2.75) is 58.5 Å². The quantitative estimate of drug-likeness (QED) is 0.426. The van der Waals surface area contributed by atoms with Crippen molar-refractivity contribution in [3.05, 3.63) is 0 Å². The van der Waals surface area contributed by atoms with Crippen molar-refractivity contribution in [1.29, 1.82) is 0 Å². The maximum atomic E-state index is 5.32. The van der Waals surface area contributed by atoms with Crippen molar-refractivity contribution in [2.75, 3.05) is 7.11 Å². The Bertz CT molecular complexity index is 86.9. The molecule has 0 bridgehead atoms. The Morgan fingerprint density at radius 3 is 2.18 bits per heavy atom. The van der Waals surface area contributed by atoms with Crippen molar-refractivity contribution in [3.8, 4) is 0 Å². The Labute approximate surface area is 71.1 Å². The molecule has 0 spiro atoms. The van der Waals surface area contributed by atoms with Crippen LogP contribution in [0.25, 0.3) is 0 Å². The van der Waals surface area contributed by atoms with Gasteiger partial charge in [-0.15, -0.1) is 0 Å². The SMILES string of the molecule is CCCCCCC(C)([13CH3])OC. The van der Waals surface area contributed by atoms with E-state index in [0.717, 1.165) is 0 Å². The second kappa shape index (κ2) is 5.59.